The molecule has 90 valence electrons. The van der Waals surface area contributed by atoms with E-state index in [0.717, 1.165) is 19.6 Å². The van der Waals surface area contributed by atoms with Crippen molar-refractivity contribution in [3.05, 3.63) is 0 Å². The van der Waals surface area contributed by atoms with Crippen molar-refractivity contribution < 1.29 is 9.53 Å². The molecule has 0 aromatic carbocycles. The van der Waals surface area contributed by atoms with Gasteiger partial charge in [-0.3, -0.25) is 4.79 Å². The summed E-state index contributed by atoms with van der Waals surface area (Å²) in [5.41, 5.74) is -0.173. The Hall–Kier alpha value is -0.570. The van der Waals surface area contributed by atoms with E-state index in [1.807, 2.05) is 0 Å². The SMILES string of the molecule is C[C@@]12C[C@@H]1OCCN(C1CCCCC1)C2=O. The predicted molar refractivity (Wildman–Crippen MR) is 61.1 cm³/mol. The van der Waals surface area contributed by atoms with Gasteiger partial charge in [-0.1, -0.05) is 19.3 Å². The first-order valence-electron chi connectivity index (χ1n) is 6.64. The Bertz CT molecular complexity index is 298. The molecule has 2 saturated carbocycles. The monoisotopic (exact) mass is 223 g/mol. The maximum Gasteiger partial charge on any atom is 0.231 e. The van der Waals surface area contributed by atoms with Crippen molar-refractivity contribution in [2.45, 2.75) is 57.6 Å². The van der Waals surface area contributed by atoms with Crippen LogP contribution in [0.5, 0.6) is 0 Å². The fraction of sp³-hybridized carbons (Fsp3) is 0.923. The molecule has 0 spiro atoms. The molecule has 0 bridgehead atoms. The van der Waals surface area contributed by atoms with Gasteiger partial charge in [0.25, 0.3) is 0 Å². The average molecular weight is 223 g/mol. The number of hydrogen-bond acceptors (Lipinski definition) is 2. The van der Waals surface area contributed by atoms with Crippen LogP contribution in [0.25, 0.3) is 0 Å². The molecule has 0 unspecified atom stereocenters. The number of carbonyl (C=O) groups excluding carboxylic acids is 1. The third kappa shape index (κ3) is 1.56. The van der Waals surface area contributed by atoms with E-state index >= 15 is 0 Å². The van der Waals surface area contributed by atoms with Crippen molar-refractivity contribution in [1.82, 2.24) is 4.90 Å². The number of nitrogens with zero attached hydrogens (tertiary/aromatic N) is 1. The lowest BCUT2D eigenvalue weighted by atomic mass is 9.93. The van der Waals surface area contributed by atoms with Crippen LogP contribution in [-0.2, 0) is 9.53 Å². The van der Waals surface area contributed by atoms with Crippen LogP contribution in [0.15, 0.2) is 0 Å². The second-order valence-electron chi connectivity index (χ2n) is 5.77. The minimum absolute atomic E-state index is 0.173. The van der Waals surface area contributed by atoms with Crippen molar-refractivity contribution in [2.75, 3.05) is 13.2 Å². The largest absolute Gasteiger partial charge is 0.375 e. The van der Waals surface area contributed by atoms with E-state index in [4.69, 9.17) is 4.74 Å². The van der Waals surface area contributed by atoms with Crippen molar-refractivity contribution >= 4 is 5.91 Å². The fourth-order valence-corrected chi connectivity index (χ4v) is 3.26. The summed E-state index contributed by atoms with van der Waals surface area (Å²) in [6.45, 7) is 3.62. The van der Waals surface area contributed by atoms with Crippen molar-refractivity contribution in [1.29, 1.82) is 0 Å². The zero-order valence-corrected chi connectivity index (χ0v) is 10.1. The first kappa shape index (κ1) is 10.6. The highest BCUT2D eigenvalue weighted by Crippen LogP contribution is 2.51. The maximum atomic E-state index is 12.5. The summed E-state index contributed by atoms with van der Waals surface area (Å²) in [7, 11) is 0. The Morgan fingerprint density at radius 1 is 1.31 bits per heavy atom. The molecule has 0 aromatic rings. The summed E-state index contributed by atoms with van der Waals surface area (Å²) in [4.78, 5) is 14.6. The van der Waals surface area contributed by atoms with Crippen LogP contribution >= 0.6 is 0 Å². The van der Waals surface area contributed by atoms with Crippen molar-refractivity contribution in [3.63, 3.8) is 0 Å². The summed E-state index contributed by atoms with van der Waals surface area (Å²) >= 11 is 0. The standard InChI is InChI=1S/C13H21NO2/c1-13-9-11(13)16-8-7-14(12(13)15)10-5-3-2-4-6-10/h10-11H,2-9H2,1H3/t11-,13+/m0/s1. The van der Waals surface area contributed by atoms with Gasteiger partial charge >= 0.3 is 0 Å². The molecule has 0 radical (unpaired) electrons. The van der Waals surface area contributed by atoms with Gasteiger partial charge in [0.1, 0.15) is 0 Å². The first-order chi connectivity index (χ1) is 7.72. The van der Waals surface area contributed by atoms with Crippen LogP contribution in [0.2, 0.25) is 0 Å². The van der Waals surface area contributed by atoms with E-state index in [-0.39, 0.29) is 11.5 Å². The van der Waals surface area contributed by atoms with Crippen LogP contribution in [0.1, 0.15) is 45.4 Å². The Morgan fingerprint density at radius 3 is 2.81 bits per heavy atom. The molecule has 2 atom stereocenters. The molecule has 1 saturated heterocycles. The smallest absolute Gasteiger partial charge is 0.231 e. The van der Waals surface area contributed by atoms with Gasteiger partial charge in [0.05, 0.1) is 18.1 Å². The normalized spacial score (nSPS) is 40.4. The highest BCUT2D eigenvalue weighted by atomic mass is 16.5. The number of ether oxygens (including phenoxy) is 1. The summed E-state index contributed by atoms with van der Waals surface area (Å²) in [5.74, 6) is 0.363. The molecule has 1 heterocycles. The van der Waals surface area contributed by atoms with Gasteiger partial charge in [-0.25, -0.2) is 0 Å². The number of fused-ring (bicyclic) bond motifs is 1. The second kappa shape index (κ2) is 3.73. The molecule has 3 rings (SSSR count). The van der Waals surface area contributed by atoms with Gasteiger partial charge in [-0.05, 0) is 26.2 Å². The fourth-order valence-electron chi connectivity index (χ4n) is 3.26. The molecule has 16 heavy (non-hydrogen) atoms. The Morgan fingerprint density at radius 2 is 2.06 bits per heavy atom. The summed E-state index contributed by atoms with van der Waals surface area (Å²) < 4.78 is 5.71. The average Bonchev–Trinajstić information content (AvgIpc) is 2.98. The van der Waals surface area contributed by atoms with Crippen LogP contribution < -0.4 is 0 Å². The maximum absolute atomic E-state index is 12.5. The van der Waals surface area contributed by atoms with Crippen molar-refractivity contribution in [2.24, 2.45) is 5.41 Å². The van der Waals surface area contributed by atoms with Crippen LogP contribution in [0, 0.1) is 5.41 Å². The van der Waals surface area contributed by atoms with E-state index in [1.54, 1.807) is 0 Å². The lowest BCUT2D eigenvalue weighted by Gasteiger charge is -2.35. The Labute approximate surface area is 97.1 Å². The molecular formula is C13H21NO2. The molecule has 3 aliphatic rings. The lowest BCUT2D eigenvalue weighted by Crippen LogP contribution is -2.45. The summed E-state index contributed by atoms with van der Waals surface area (Å²) in [6.07, 6.45) is 7.47. The van der Waals surface area contributed by atoms with Gasteiger partial charge in [0.2, 0.25) is 5.91 Å². The van der Waals surface area contributed by atoms with Gasteiger partial charge in [0, 0.05) is 12.6 Å². The Balaban J connectivity index is 1.75. The van der Waals surface area contributed by atoms with Gasteiger partial charge in [0.15, 0.2) is 0 Å². The van der Waals surface area contributed by atoms with Crippen LogP contribution in [0.4, 0.5) is 0 Å². The first-order valence-corrected chi connectivity index (χ1v) is 6.64. The van der Waals surface area contributed by atoms with E-state index in [2.05, 4.69) is 11.8 Å². The zero-order chi connectivity index (χ0) is 11.2. The van der Waals surface area contributed by atoms with Gasteiger partial charge < -0.3 is 9.64 Å². The predicted octanol–water partition coefficient (Wildman–Crippen LogP) is 1.96. The molecule has 0 N–H and O–H groups in total. The van der Waals surface area contributed by atoms with Crippen molar-refractivity contribution in [3.8, 4) is 0 Å². The van der Waals surface area contributed by atoms with E-state index in [1.165, 1.54) is 32.1 Å². The third-order valence-electron chi connectivity index (χ3n) is 4.58. The highest BCUT2D eigenvalue weighted by Gasteiger charge is 2.60. The molecule has 1 amide bonds. The van der Waals surface area contributed by atoms with E-state index in [0.29, 0.717) is 11.9 Å². The molecule has 3 fully saturated rings. The highest BCUT2D eigenvalue weighted by molar-refractivity contribution is 5.86. The number of carbonyl (C=O) groups is 1. The molecule has 2 aliphatic carbocycles. The number of amides is 1. The summed E-state index contributed by atoms with van der Waals surface area (Å²) in [6, 6.07) is 0.501. The zero-order valence-electron chi connectivity index (χ0n) is 10.1. The van der Waals surface area contributed by atoms with Crippen LogP contribution in [-0.4, -0.2) is 36.1 Å². The molecular weight excluding hydrogens is 202 g/mol. The second-order valence-corrected chi connectivity index (χ2v) is 5.77. The minimum Gasteiger partial charge on any atom is -0.375 e. The van der Waals surface area contributed by atoms with E-state index in [9.17, 15) is 4.79 Å². The lowest BCUT2D eigenvalue weighted by molar-refractivity contribution is -0.138. The third-order valence-corrected chi connectivity index (χ3v) is 4.58. The van der Waals surface area contributed by atoms with Crippen LogP contribution in [0.3, 0.4) is 0 Å². The quantitative estimate of drug-likeness (QED) is 0.680. The number of hydrogen-bond donors (Lipinski definition) is 0. The van der Waals surface area contributed by atoms with Gasteiger partial charge in [-0.2, -0.15) is 0 Å². The molecule has 0 aromatic heterocycles. The minimum atomic E-state index is -0.173. The summed E-state index contributed by atoms with van der Waals surface area (Å²) in [5, 5.41) is 0. The van der Waals surface area contributed by atoms with E-state index < -0.39 is 0 Å². The Kier molecular flexibility index (Phi) is 2.46. The topological polar surface area (TPSA) is 29.5 Å². The molecule has 1 aliphatic heterocycles. The van der Waals surface area contributed by atoms with Gasteiger partial charge in [-0.15, -0.1) is 0 Å². The molecule has 3 heteroatoms. The molecule has 3 nitrogen and oxygen atoms in total. The number of rotatable bonds is 1.